The van der Waals surface area contributed by atoms with Crippen LogP contribution >= 0.6 is 0 Å². The molecule has 32 heteroatoms. The number of amides is 2. The average Bonchev–Trinajstić information content (AvgIpc) is 0.858. The highest BCUT2D eigenvalue weighted by Crippen LogP contribution is 2.32. The van der Waals surface area contributed by atoms with E-state index in [-0.39, 0.29) is 63.9 Å². The lowest BCUT2D eigenvalue weighted by molar-refractivity contribution is -0.117. The first-order valence-corrected chi connectivity index (χ1v) is 32.5. The molecule has 0 radical (unpaired) electrons. The van der Waals surface area contributed by atoms with Gasteiger partial charge in [0.1, 0.15) is 67.1 Å². The van der Waals surface area contributed by atoms with Gasteiger partial charge in [-0.2, -0.15) is 0 Å². The third-order valence-electron chi connectivity index (χ3n) is 15.1. The van der Waals surface area contributed by atoms with Crippen molar-refractivity contribution in [3.8, 4) is 34.5 Å². The van der Waals surface area contributed by atoms with Crippen molar-refractivity contribution < 1.29 is 144 Å². The summed E-state index contributed by atoms with van der Waals surface area (Å²) in [7, 11) is 10.6. The minimum Gasteiger partial charge on any atom is -0.504 e. The number of aromatic carboxylic acids is 1. The van der Waals surface area contributed by atoms with Gasteiger partial charge in [-0.1, -0.05) is 91.1 Å². The van der Waals surface area contributed by atoms with Gasteiger partial charge >= 0.3 is 5.97 Å². The highest BCUT2D eigenvalue weighted by molar-refractivity contribution is 5.95. The predicted molar refractivity (Wildman–Crippen MR) is 387 cm³/mol. The minimum absolute atomic E-state index is 0.0572. The minimum atomic E-state index is -1.76. The number of aliphatic hydroxyl groups excluding tert-OH is 15. The second-order valence-electron chi connectivity index (χ2n) is 23.4. The van der Waals surface area contributed by atoms with Gasteiger partial charge in [-0.25, -0.2) is 4.79 Å². The summed E-state index contributed by atoms with van der Waals surface area (Å²) in [4.78, 5) is 38.4. The van der Waals surface area contributed by atoms with Crippen molar-refractivity contribution >= 4 is 54.2 Å². The maximum atomic E-state index is 12.7. The van der Waals surface area contributed by atoms with E-state index in [4.69, 9.17) is 73.6 Å². The van der Waals surface area contributed by atoms with Gasteiger partial charge < -0.3 is 145 Å². The number of carboxylic acids is 1. The van der Waals surface area contributed by atoms with Crippen LogP contribution in [0.5, 0.6) is 34.5 Å². The molecule has 106 heavy (non-hydrogen) atoms. The molecule has 0 aliphatic heterocycles. The van der Waals surface area contributed by atoms with Crippen LogP contribution in [-0.2, 0) is 18.9 Å². The molecule has 0 saturated carbocycles. The number of ether oxygens (including phenoxy) is 8. The highest BCUT2D eigenvalue weighted by Gasteiger charge is 2.33. The van der Waals surface area contributed by atoms with Crippen molar-refractivity contribution in [2.75, 3.05) is 116 Å². The van der Waals surface area contributed by atoms with E-state index in [0.717, 1.165) is 32.7 Å². The number of carbonyl (C=O) groups is 3. The van der Waals surface area contributed by atoms with E-state index in [0.29, 0.717) is 39.7 Å². The monoisotopic (exact) mass is 1490 g/mol. The first-order valence-electron chi connectivity index (χ1n) is 32.5. The van der Waals surface area contributed by atoms with Gasteiger partial charge in [0, 0.05) is 73.3 Å². The summed E-state index contributed by atoms with van der Waals surface area (Å²) in [5, 5.41) is 171. The Morgan fingerprint density at radius 1 is 0.368 bits per heavy atom. The molecule has 32 nitrogen and oxygen atoms in total. The third-order valence-corrected chi connectivity index (χ3v) is 15.1. The molecule has 2 amide bonds. The molecule has 6 aromatic carbocycles. The molecule has 12 atom stereocenters. The molecule has 6 rings (SSSR count). The number of aromatic hydroxyl groups is 2. The van der Waals surface area contributed by atoms with Gasteiger partial charge in [0.05, 0.1) is 31.5 Å². The molecule has 0 fully saturated rings. The summed E-state index contributed by atoms with van der Waals surface area (Å²) >= 11 is 0. The number of nitrogens with one attached hydrogen (secondary N) is 1. The molecular formula is C74H99N3O29. The number of likely N-dealkylation sites (N-methyl/N-ethyl adjacent to an activating group) is 3. The number of carbonyl (C=O) groups excluding carboxylic acids is 2. The SMILES string of the molecule is CN(CC(O)C(O)C(O)C(O)CO)C(=O)c1ccc(C=Cc2ccc(O)c(O)c2)cc1.CNCC(O)C(O)C(O)C(O)CO.COCOc1ccc(C=Cc2ccc(C(=O)N(C)CC(O)C(O)C(O)C(O)CO)cc2)cc1OCOC.COCOc1ccc(C=Cc2ccc(C(=O)O)cc2)cc1OCOC. The zero-order chi connectivity index (χ0) is 79.0. The molecule has 19 N–H and O–H groups in total. The van der Waals surface area contributed by atoms with Gasteiger partial charge in [0.2, 0.25) is 0 Å². The summed E-state index contributed by atoms with van der Waals surface area (Å²) < 4.78 is 41.8. The number of nitrogens with zero attached hydrogens (tertiary/aromatic N) is 2. The number of phenolic OH excluding ortho intramolecular Hbond substituents is 2. The largest absolute Gasteiger partial charge is 0.504 e. The van der Waals surface area contributed by atoms with Crippen molar-refractivity contribution in [1.82, 2.24) is 15.1 Å². The van der Waals surface area contributed by atoms with Crippen LogP contribution in [0.4, 0.5) is 0 Å². The van der Waals surface area contributed by atoms with Crippen LogP contribution in [0.25, 0.3) is 36.5 Å². The van der Waals surface area contributed by atoms with Crippen molar-refractivity contribution in [2.45, 2.75) is 73.2 Å². The molecule has 12 unspecified atom stereocenters. The Morgan fingerprint density at radius 2 is 0.642 bits per heavy atom. The molecule has 0 bridgehead atoms. The summed E-state index contributed by atoms with van der Waals surface area (Å²) in [5.74, 6) is -0.104. The van der Waals surface area contributed by atoms with E-state index in [2.05, 4.69) is 5.32 Å². The lowest BCUT2D eigenvalue weighted by Crippen LogP contribution is -2.49. The van der Waals surface area contributed by atoms with Crippen LogP contribution in [0.15, 0.2) is 127 Å². The maximum Gasteiger partial charge on any atom is 0.335 e. The van der Waals surface area contributed by atoms with Crippen LogP contribution < -0.4 is 24.3 Å². The highest BCUT2D eigenvalue weighted by atomic mass is 16.7. The van der Waals surface area contributed by atoms with Crippen molar-refractivity contribution in [1.29, 1.82) is 0 Å². The quantitative estimate of drug-likeness (QED) is 0.0140. The number of methoxy groups -OCH3 is 4. The lowest BCUT2D eigenvalue weighted by Gasteiger charge is -2.28. The number of phenols is 2. The molecule has 0 aliphatic carbocycles. The van der Waals surface area contributed by atoms with E-state index in [9.17, 15) is 70.6 Å². The van der Waals surface area contributed by atoms with E-state index < -0.39 is 111 Å². The maximum absolute atomic E-state index is 12.7. The Kier molecular flexibility index (Phi) is 42.1. The van der Waals surface area contributed by atoms with E-state index >= 15 is 0 Å². The number of hydrogen-bond acceptors (Lipinski definition) is 29. The van der Waals surface area contributed by atoms with Gasteiger partial charge in [-0.15, -0.1) is 0 Å². The predicted octanol–water partition coefficient (Wildman–Crippen LogP) is 0.269. The Balaban J connectivity index is 0.000000385. The fourth-order valence-electron chi connectivity index (χ4n) is 9.05. The Labute approximate surface area is 612 Å². The van der Waals surface area contributed by atoms with Crippen LogP contribution in [-0.4, -0.2) is 309 Å². The average molecular weight is 1490 g/mol. The van der Waals surface area contributed by atoms with E-state index in [1.54, 1.807) is 130 Å². The number of hydrogen-bond donors (Lipinski definition) is 19. The molecule has 584 valence electrons. The fourth-order valence-corrected chi connectivity index (χ4v) is 9.05. The summed E-state index contributed by atoms with van der Waals surface area (Å²) in [6, 6.07) is 35.3. The van der Waals surface area contributed by atoms with E-state index in [1.807, 2.05) is 42.5 Å². The fraction of sp³-hybridized carbons (Fsp3) is 0.392. The summed E-state index contributed by atoms with van der Waals surface area (Å²) in [6.07, 6.45) is -7.95. The number of rotatable bonds is 39. The molecule has 6 aromatic rings. The zero-order valence-corrected chi connectivity index (χ0v) is 59.5. The summed E-state index contributed by atoms with van der Waals surface area (Å²) in [5.41, 5.74) is 5.87. The van der Waals surface area contributed by atoms with Crippen molar-refractivity contribution in [3.05, 3.63) is 177 Å². The van der Waals surface area contributed by atoms with Crippen molar-refractivity contribution in [2.24, 2.45) is 0 Å². The Bertz CT molecular complexity index is 3600. The normalized spacial score (nSPS) is 14.7. The number of carboxylic acid groups (broad SMARTS) is 1. The zero-order valence-electron chi connectivity index (χ0n) is 59.5. The molecular weight excluding hydrogens is 1390 g/mol. The van der Waals surface area contributed by atoms with E-state index in [1.165, 1.54) is 45.3 Å². The molecule has 0 spiro atoms. The smallest absolute Gasteiger partial charge is 0.335 e. The first-order chi connectivity index (χ1) is 50.5. The number of benzene rings is 6. The Morgan fingerprint density at radius 3 is 0.943 bits per heavy atom. The second-order valence-corrected chi connectivity index (χ2v) is 23.4. The third kappa shape index (κ3) is 31.2. The first kappa shape index (κ1) is 91.2. The van der Waals surface area contributed by atoms with Gasteiger partial charge in [-0.05, 0) is 113 Å². The van der Waals surface area contributed by atoms with Crippen molar-refractivity contribution in [3.63, 3.8) is 0 Å². The molecule has 0 saturated heterocycles. The lowest BCUT2D eigenvalue weighted by atomic mass is 10.0. The molecule has 0 heterocycles. The molecule has 0 aliphatic rings. The van der Waals surface area contributed by atoms with Gasteiger partial charge in [0.25, 0.3) is 11.8 Å². The van der Waals surface area contributed by atoms with Crippen LogP contribution in [0.1, 0.15) is 64.5 Å². The Hall–Kier alpha value is -9.05. The van der Waals surface area contributed by atoms with Crippen LogP contribution in [0.3, 0.4) is 0 Å². The summed E-state index contributed by atoms with van der Waals surface area (Å²) in [6.45, 7) is -2.38. The second kappa shape index (κ2) is 48.9. The standard InChI is InChI=1S/C26H35NO10.C22H27NO8.C19H20O6.C7H17NO5/c1-27(13-20(29)24(31)25(32)21(30)14-28)26(33)19-9-6-17(7-10-19)4-5-18-8-11-22(36-15-34-2)23(12-18)37-16-35-3;1-23(11-18(27)20(29)21(30)19(28)12-24)22(31)15-7-4-13(5-8-15)2-3-14-6-9-16(25)17(26)10-14;1-22-12-24-17-10-7-15(11-18(17)25-13-23-2)4-3-14-5-8-16(9-6-14)19(20)21;1-8-2-4(10)6(12)7(13)5(11)3-9/h4-12,20-21,24-25,28-32H,13-16H2,1-3H3;2-10,18-21,24-30H,11-12H2,1H3;3-11H,12-13H2,1-2H3,(H,20,21);4-13H,2-3H2,1H3. The number of aliphatic hydroxyl groups is 15. The van der Waals surface area contributed by atoms with Gasteiger partial charge in [-0.3, -0.25) is 9.59 Å². The molecule has 0 aromatic heterocycles. The van der Waals surface area contributed by atoms with Crippen LogP contribution in [0.2, 0.25) is 0 Å². The topological polar surface area (TPSA) is 508 Å². The van der Waals surface area contributed by atoms with Crippen LogP contribution in [0, 0.1) is 0 Å². The van der Waals surface area contributed by atoms with Gasteiger partial charge in [0.15, 0.2) is 61.7 Å².